The Labute approximate surface area is 73.6 Å². The molecule has 0 radical (unpaired) electrons. The molecule has 68 valence electrons. The largest absolute Gasteiger partial charge is 0.465 e. The lowest BCUT2D eigenvalue weighted by Gasteiger charge is -1.99. The number of ether oxygens (including phenoxy) is 1. The summed E-state index contributed by atoms with van der Waals surface area (Å²) in [6.07, 6.45) is 8.11. The Morgan fingerprint density at radius 2 is 2.25 bits per heavy atom. The molecule has 2 nitrogen and oxygen atoms in total. The highest BCUT2D eigenvalue weighted by molar-refractivity contribution is 5.74. The van der Waals surface area contributed by atoms with Crippen LogP contribution >= 0.6 is 0 Å². The molecule has 0 amide bonds. The molecule has 0 aromatic heterocycles. The monoisotopic (exact) mass is 168 g/mol. The fourth-order valence-electron chi connectivity index (χ4n) is 0.949. The summed E-state index contributed by atoms with van der Waals surface area (Å²) in [6.45, 7) is 2.64. The van der Waals surface area contributed by atoms with Gasteiger partial charge in [-0.3, -0.25) is 4.79 Å². The van der Waals surface area contributed by atoms with Crippen molar-refractivity contribution in [3.8, 4) is 0 Å². The van der Waals surface area contributed by atoms with Gasteiger partial charge >= 0.3 is 5.97 Å². The first-order chi connectivity index (χ1) is 5.84. The third-order valence-corrected chi connectivity index (χ3v) is 1.84. The van der Waals surface area contributed by atoms with E-state index >= 15 is 0 Å². The molecule has 1 aliphatic rings. The van der Waals surface area contributed by atoms with Crippen molar-refractivity contribution in [2.75, 3.05) is 6.61 Å². The van der Waals surface area contributed by atoms with Crippen LogP contribution in [0.15, 0.2) is 12.2 Å². The van der Waals surface area contributed by atoms with E-state index in [1.807, 2.05) is 0 Å². The van der Waals surface area contributed by atoms with E-state index in [0.717, 1.165) is 25.7 Å². The summed E-state index contributed by atoms with van der Waals surface area (Å²) in [6, 6.07) is 0. The Morgan fingerprint density at radius 3 is 2.83 bits per heavy atom. The summed E-state index contributed by atoms with van der Waals surface area (Å²) in [5.41, 5.74) is 0. The lowest BCUT2D eigenvalue weighted by Crippen LogP contribution is -2.06. The number of carbonyl (C=O) groups is 1. The number of esters is 1. The van der Waals surface area contributed by atoms with E-state index in [2.05, 4.69) is 19.1 Å². The highest BCUT2D eigenvalue weighted by atomic mass is 16.5. The molecule has 1 aliphatic carbocycles. The molecule has 0 aromatic carbocycles. The summed E-state index contributed by atoms with van der Waals surface area (Å²) in [4.78, 5) is 11.0. The van der Waals surface area contributed by atoms with Crippen LogP contribution in [0.25, 0.3) is 0 Å². The topological polar surface area (TPSA) is 26.3 Å². The molecular weight excluding hydrogens is 152 g/mol. The van der Waals surface area contributed by atoms with Crippen LogP contribution in [0.2, 0.25) is 0 Å². The van der Waals surface area contributed by atoms with Gasteiger partial charge in [-0.2, -0.15) is 0 Å². The molecule has 0 saturated heterocycles. The summed E-state index contributed by atoms with van der Waals surface area (Å²) in [5.74, 6) is 0.236. The molecule has 0 aliphatic heterocycles. The third-order valence-electron chi connectivity index (χ3n) is 1.84. The van der Waals surface area contributed by atoms with Crippen LogP contribution in [-0.2, 0) is 9.53 Å². The van der Waals surface area contributed by atoms with E-state index in [9.17, 15) is 4.79 Å². The zero-order valence-corrected chi connectivity index (χ0v) is 7.58. The van der Waals surface area contributed by atoms with Gasteiger partial charge < -0.3 is 4.74 Å². The van der Waals surface area contributed by atoms with Gasteiger partial charge in [0.2, 0.25) is 0 Å². The summed E-state index contributed by atoms with van der Waals surface area (Å²) >= 11 is 0. The van der Waals surface area contributed by atoms with Crippen molar-refractivity contribution in [1.29, 1.82) is 0 Å². The lowest BCUT2D eigenvalue weighted by atomic mass is 10.3. The smallest absolute Gasteiger partial charge is 0.308 e. The van der Waals surface area contributed by atoms with Crippen molar-refractivity contribution in [3.63, 3.8) is 0 Å². The maximum absolute atomic E-state index is 11.0. The minimum atomic E-state index is -0.0000940. The number of hydrogen-bond acceptors (Lipinski definition) is 2. The normalized spacial score (nSPS) is 16.8. The van der Waals surface area contributed by atoms with E-state index < -0.39 is 0 Å². The first-order valence-electron chi connectivity index (χ1n) is 4.66. The van der Waals surface area contributed by atoms with Gasteiger partial charge in [0.1, 0.15) is 0 Å². The number of hydrogen-bond donors (Lipinski definition) is 0. The van der Waals surface area contributed by atoms with Crippen LogP contribution in [0.1, 0.15) is 32.6 Å². The molecule has 0 aromatic rings. The molecule has 0 N–H and O–H groups in total. The average molecular weight is 168 g/mol. The average Bonchev–Trinajstić information content (AvgIpc) is 2.86. The number of allylic oxidation sites excluding steroid dienone is 1. The highest BCUT2D eigenvalue weighted by Gasteiger charge is 2.30. The molecule has 12 heavy (non-hydrogen) atoms. The van der Waals surface area contributed by atoms with Crippen molar-refractivity contribution in [1.82, 2.24) is 0 Å². The van der Waals surface area contributed by atoms with Gasteiger partial charge in [-0.05, 0) is 25.7 Å². The molecule has 1 saturated carbocycles. The maximum Gasteiger partial charge on any atom is 0.308 e. The van der Waals surface area contributed by atoms with E-state index in [-0.39, 0.29) is 11.9 Å². The van der Waals surface area contributed by atoms with Crippen LogP contribution in [-0.4, -0.2) is 12.6 Å². The first-order valence-corrected chi connectivity index (χ1v) is 4.66. The second-order valence-corrected chi connectivity index (χ2v) is 3.11. The van der Waals surface area contributed by atoms with Crippen LogP contribution in [0.5, 0.6) is 0 Å². The van der Waals surface area contributed by atoms with E-state index in [1.165, 1.54) is 0 Å². The van der Waals surface area contributed by atoms with Crippen LogP contribution < -0.4 is 0 Å². The molecule has 0 atom stereocenters. The van der Waals surface area contributed by atoms with Crippen molar-refractivity contribution in [3.05, 3.63) is 12.2 Å². The van der Waals surface area contributed by atoms with Gasteiger partial charge in [0, 0.05) is 0 Å². The Morgan fingerprint density at radius 1 is 1.50 bits per heavy atom. The van der Waals surface area contributed by atoms with Gasteiger partial charge in [-0.25, -0.2) is 0 Å². The fraction of sp³-hybridized carbons (Fsp3) is 0.700. The standard InChI is InChI=1S/C10H16O2/c1-2-3-4-5-8-12-10(11)9-6-7-9/h3-4,9H,2,5-8H2,1H3/b4-3-. The Hall–Kier alpha value is -0.790. The van der Waals surface area contributed by atoms with Crippen LogP contribution in [0.3, 0.4) is 0 Å². The van der Waals surface area contributed by atoms with Crippen molar-refractivity contribution >= 4 is 5.97 Å². The van der Waals surface area contributed by atoms with Crippen molar-refractivity contribution < 1.29 is 9.53 Å². The molecule has 0 heterocycles. The van der Waals surface area contributed by atoms with Crippen molar-refractivity contribution in [2.45, 2.75) is 32.6 Å². The molecule has 0 bridgehead atoms. The Kier molecular flexibility index (Phi) is 3.85. The minimum absolute atomic E-state index is 0.0000940. The van der Waals surface area contributed by atoms with Crippen LogP contribution in [0, 0.1) is 5.92 Å². The molecule has 1 fully saturated rings. The van der Waals surface area contributed by atoms with Crippen LogP contribution in [0.4, 0.5) is 0 Å². The second kappa shape index (κ2) is 4.96. The molecule has 0 spiro atoms. The molecule has 1 rings (SSSR count). The SMILES string of the molecule is CC/C=C\CCOC(=O)C1CC1. The highest BCUT2D eigenvalue weighted by Crippen LogP contribution is 2.29. The quantitative estimate of drug-likeness (QED) is 0.357. The summed E-state index contributed by atoms with van der Waals surface area (Å²) in [5, 5.41) is 0. The van der Waals surface area contributed by atoms with Gasteiger partial charge in [-0.1, -0.05) is 19.1 Å². The zero-order chi connectivity index (χ0) is 8.81. The number of rotatable bonds is 5. The zero-order valence-electron chi connectivity index (χ0n) is 7.58. The van der Waals surface area contributed by atoms with Gasteiger partial charge in [-0.15, -0.1) is 0 Å². The van der Waals surface area contributed by atoms with Crippen molar-refractivity contribution in [2.24, 2.45) is 5.92 Å². The minimum Gasteiger partial charge on any atom is -0.465 e. The van der Waals surface area contributed by atoms with E-state index in [4.69, 9.17) is 4.74 Å². The maximum atomic E-state index is 11.0. The van der Waals surface area contributed by atoms with Gasteiger partial charge in [0.15, 0.2) is 0 Å². The van der Waals surface area contributed by atoms with Gasteiger partial charge in [0.05, 0.1) is 12.5 Å². The van der Waals surface area contributed by atoms with Gasteiger partial charge in [0.25, 0.3) is 0 Å². The first kappa shape index (κ1) is 9.30. The summed E-state index contributed by atoms with van der Waals surface area (Å²) < 4.78 is 5.02. The molecular formula is C10H16O2. The predicted octanol–water partition coefficient (Wildman–Crippen LogP) is 2.30. The van der Waals surface area contributed by atoms with E-state index in [0.29, 0.717) is 6.61 Å². The van der Waals surface area contributed by atoms with E-state index in [1.54, 1.807) is 0 Å². The third kappa shape index (κ3) is 3.56. The molecule has 0 unspecified atom stereocenters. The fourth-order valence-corrected chi connectivity index (χ4v) is 0.949. The summed E-state index contributed by atoms with van der Waals surface area (Å²) in [7, 11) is 0. The predicted molar refractivity (Wildman–Crippen MR) is 47.7 cm³/mol. The Balaban J connectivity index is 1.94. The lowest BCUT2D eigenvalue weighted by molar-refractivity contribution is -0.145. The number of carbonyl (C=O) groups excluding carboxylic acids is 1. The Bertz CT molecular complexity index is 169. The molecule has 2 heteroatoms. The second-order valence-electron chi connectivity index (χ2n) is 3.11.